The number of hydrogen-bond acceptors (Lipinski definition) is 4. The van der Waals surface area contributed by atoms with Crippen molar-refractivity contribution < 1.29 is 14.6 Å². The van der Waals surface area contributed by atoms with Crippen molar-refractivity contribution >= 4 is 5.97 Å². The van der Waals surface area contributed by atoms with E-state index in [0.29, 0.717) is 18.5 Å². The Morgan fingerprint density at radius 2 is 2.04 bits per heavy atom. The maximum absolute atomic E-state index is 10.8. The van der Waals surface area contributed by atoms with Crippen molar-refractivity contribution in [3.8, 4) is 0 Å². The van der Waals surface area contributed by atoms with E-state index < -0.39 is 5.97 Å². The van der Waals surface area contributed by atoms with Gasteiger partial charge in [-0.05, 0) is 44.8 Å². The van der Waals surface area contributed by atoms with Gasteiger partial charge < -0.3 is 20.1 Å². The molecule has 0 aromatic heterocycles. The van der Waals surface area contributed by atoms with Gasteiger partial charge in [-0.15, -0.1) is 0 Å². The molecule has 2 atom stereocenters. The third kappa shape index (κ3) is 5.29. The number of carbonyl (C=O) groups is 1. The number of rotatable bonds is 10. The molecule has 1 aromatic rings. The van der Waals surface area contributed by atoms with Crippen LogP contribution in [0.1, 0.15) is 44.1 Å². The number of likely N-dealkylation sites (tertiary alicyclic amines) is 1. The SMILES string of the molecule is CCOCC1(CN[C@@H]2C[C@H]2c2ccccc2)CCN(CCC(=O)O)CC1. The zero-order valence-corrected chi connectivity index (χ0v) is 15.8. The molecule has 0 bridgehead atoms. The summed E-state index contributed by atoms with van der Waals surface area (Å²) < 4.78 is 5.82. The van der Waals surface area contributed by atoms with Crippen molar-refractivity contribution in [2.75, 3.05) is 39.4 Å². The summed E-state index contributed by atoms with van der Waals surface area (Å²) in [5, 5.41) is 12.7. The molecule has 144 valence electrons. The Labute approximate surface area is 156 Å². The van der Waals surface area contributed by atoms with Gasteiger partial charge in [0.1, 0.15) is 0 Å². The van der Waals surface area contributed by atoms with Crippen LogP contribution in [0.5, 0.6) is 0 Å². The molecular weight excluding hydrogens is 328 g/mol. The van der Waals surface area contributed by atoms with Crippen molar-refractivity contribution in [3.05, 3.63) is 35.9 Å². The summed E-state index contributed by atoms with van der Waals surface area (Å²) in [6.45, 7) is 7.19. The van der Waals surface area contributed by atoms with Crippen molar-refractivity contribution in [3.63, 3.8) is 0 Å². The van der Waals surface area contributed by atoms with Gasteiger partial charge in [-0.3, -0.25) is 4.79 Å². The van der Waals surface area contributed by atoms with Crippen molar-refractivity contribution in [1.82, 2.24) is 10.2 Å². The van der Waals surface area contributed by atoms with Gasteiger partial charge in [-0.1, -0.05) is 30.3 Å². The molecule has 0 radical (unpaired) electrons. The number of hydrogen-bond donors (Lipinski definition) is 2. The highest BCUT2D eigenvalue weighted by atomic mass is 16.5. The van der Waals surface area contributed by atoms with E-state index in [0.717, 1.165) is 45.7 Å². The molecule has 1 heterocycles. The second-order valence-corrected chi connectivity index (χ2v) is 7.86. The van der Waals surface area contributed by atoms with Crippen molar-refractivity contribution in [2.45, 2.75) is 44.6 Å². The Hall–Kier alpha value is -1.43. The number of aliphatic carboxylic acids is 1. The highest BCUT2D eigenvalue weighted by molar-refractivity contribution is 5.66. The smallest absolute Gasteiger partial charge is 0.304 e. The second kappa shape index (κ2) is 8.98. The van der Waals surface area contributed by atoms with Crippen LogP contribution in [0.4, 0.5) is 0 Å². The third-order valence-corrected chi connectivity index (χ3v) is 5.93. The fraction of sp³-hybridized carbons (Fsp3) is 0.667. The molecule has 1 aliphatic heterocycles. The van der Waals surface area contributed by atoms with E-state index >= 15 is 0 Å². The Morgan fingerprint density at radius 1 is 1.31 bits per heavy atom. The van der Waals surface area contributed by atoms with Gasteiger partial charge in [-0.25, -0.2) is 0 Å². The predicted molar refractivity (Wildman–Crippen MR) is 102 cm³/mol. The Bertz CT molecular complexity index is 570. The van der Waals surface area contributed by atoms with Crippen LogP contribution in [-0.4, -0.2) is 61.4 Å². The minimum Gasteiger partial charge on any atom is -0.481 e. The van der Waals surface area contributed by atoms with Crippen molar-refractivity contribution in [2.24, 2.45) is 5.41 Å². The van der Waals surface area contributed by atoms with Crippen LogP contribution in [0.25, 0.3) is 0 Å². The van der Waals surface area contributed by atoms with Gasteiger partial charge in [0.25, 0.3) is 0 Å². The number of nitrogens with zero attached hydrogens (tertiary/aromatic N) is 1. The average Bonchev–Trinajstić information content (AvgIpc) is 3.45. The average molecular weight is 360 g/mol. The molecule has 1 aliphatic carbocycles. The minimum absolute atomic E-state index is 0.180. The largest absolute Gasteiger partial charge is 0.481 e. The number of carboxylic acid groups (broad SMARTS) is 1. The van der Waals surface area contributed by atoms with Crippen LogP contribution in [0, 0.1) is 5.41 Å². The van der Waals surface area contributed by atoms with E-state index in [9.17, 15) is 4.79 Å². The maximum atomic E-state index is 10.8. The van der Waals surface area contributed by atoms with Gasteiger partial charge in [0.15, 0.2) is 0 Å². The van der Waals surface area contributed by atoms with E-state index in [4.69, 9.17) is 9.84 Å². The van der Waals surface area contributed by atoms with E-state index in [2.05, 4.69) is 47.5 Å². The third-order valence-electron chi connectivity index (χ3n) is 5.93. The number of carboxylic acids is 1. The summed E-state index contributed by atoms with van der Waals surface area (Å²) in [4.78, 5) is 13.1. The zero-order chi connectivity index (χ0) is 18.4. The molecule has 2 fully saturated rings. The number of nitrogens with one attached hydrogen (secondary N) is 1. The number of ether oxygens (including phenoxy) is 1. The van der Waals surface area contributed by atoms with Crippen LogP contribution in [0.15, 0.2) is 30.3 Å². The van der Waals surface area contributed by atoms with E-state index in [1.807, 2.05) is 0 Å². The predicted octanol–water partition coefficient (Wildman–Crippen LogP) is 2.73. The highest BCUT2D eigenvalue weighted by Gasteiger charge is 2.41. The first-order valence-electron chi connectivity index (χ1n) is 9.92. The monoisotopic (exact) mass is 360 g/mol. The van der Waals surface area contributed by atoms with Gasteiger partial charge in [0.05, 0.1) is 13.0 Å². The van der Waals surface area contributed by atoms with Crippen molar-refractivity contribution in [1.29, 1.82) is 0 Å². The molecule has 5 heteroatoms. The quantitative estimate of drug-likeness (QED) is 0.672. The summed E-state index contributed by atoms with van der Waals surface area (Å²) in [7, 11) is 0. The summed E-state index contributed by atoms with van der Waals surface area (Å²) >= 11 is 0. The van der Waals surface area contributed by atoms with Crippen LogP contribution < -0.4 is 5.32 Å². The van der Waals surface area contributed by atoms with Crippen LogP contribution in [-0.2, 0) is 9.53 Å². The van der Waals surface area contributed by atoms with Gasteiger partial charge in [-0.2, -0.15) is 0 Å². The van der Waals surface area contributed by atoms with Crippen LogP contribution >= 0.6 is 0 Å². The second-order valence-electron chi connectivity index (χ2n) is 7.86. The summed E-state index contributed by atoms with van der Waals surface area (Å²) in [6, 6.07) is 11.3. The maximum Gasteiger partial charge on any atom is 0.304 e. The lowest BCUT2D eigenvalue weighted by molar-refractivity contribution is -0.137. The molecule has 1 aromatic carbocycles. The van der Waals surface area contributed by atoms with Gasteiger partial charge >= 0.3 is 5.97 Å². The summed E-state index contributed by atoms with van der Waals surface area (Å²) in [5.41, 5.74) is 1.62. The molecule has 1 saturated carbocycles. The number of piperidine rings is 1. The molecule has 3 rings (SSSR count). The highest BCUT2D eigenvalue weighted by Crippen LogP contribution is 2.41. The molecule has 2 aliphatic rings. The zero-order valence-electron chi connectivity index (χ0n) is 15.8. The normalized spacial score (nSPS) is 25.1. The summed E-state index contributed by atoms with van der Waals surface area (Å²) in [6.07, 6.45) is 3.60. The van der Waals surface area contributed by atoms with E-state index in [1.165, 1.54) is 12.0 Å². The summed E-state index contributed by atoms with van der Waals surface area (Å²) in [5.74, 6) is -0.0606. The molecule has 2 N–H and O–H groups in total. The van der Waals surface area contributed by atoms with E-state index in [-0.39, 0.29) is 11.8 Å². The molecule has 5 nitrogen and oxygen atoms in total. The molecule has 0 amide bonds. The Balaban J connectivity index is 1.48. The van der Waals surface area contributed by atoms with Crippen LogP contribution in [0.3, 0.4) is 0 Å². The Kier molecular flexibility index (Phi) is 6.68. The topological polar surface area (TPSA) is 61.8 Å². The number of benzene rings is 1. The standard InChI is InChI=1S/C21H32N2O3/c1-2-26-16-21(9-12-23(13-10-21)11-8-20(24)25)15-22-19-14-18(19)17-6-4-3-5-7-17/h3-7,18-19,22H,2,8-16H2,1H3,(H,24,25)/t18-,19+/m0/s1. The Morgan fingerprint density at radius 3 is 2.69 bits per heavy atom. The fourth-order valence-electron chi connectivity index (χ4n) is 4.03. The fourth-order valence-corrected chi connectivity index (χ4v) is 4.03. The van der Waals surface area contributed by atoms with Gasteiger partial charge in [0, 0.05) is 37.1 Å². The molecule has 26 heavy (non-hydrogen) atoms. The van der Waals surface area contributed by atoms with Crippen LogP contribution in [0.2, 0.25) is 0 Å². The van der Waals surface area contributed by atoms with E-state index in [1.54, 1.807) is 0 Å². The van der Waals surface area contributed by atoms with Gasteiger partial charge in [0.2, 0.25) is 0 Å². The molecule has 0 unspecified atom stereocenters. The molecular formula is C21H32N2O3. The first-order valence-corrected chi connectivity index (χ1v) is 9.92. The lowest BCUT2D eigenvalue weighted by atomic mass is 9.78. The minimum atomic E-state index is -0.710. The lowest BCUT2D eigenvalue weighted by Gasteiger charge is -2.42. The molecule has 1 saturated heterocycles. The first kappa shape index (κ1) is 19.3. The molecule has 0 spiro atoms. The first-order chi connectivity index (χ1) is 12.6. The lowest BCUT2D eigenvalue weighted by Crippen LogP contribution is -2.48.